The molecule has 0 bridgehead atoms. The molecule has 0 aliphatic rings. The molecule has 12 heteroatoms. The lowest BCUT2D eigenvalue weighted by molar-refractivity contribution is 0.0992. The molecule has 0 aliphatic carbocycles. The molecule has 3 heterocycles. The maximum Gasteiger partial charge on any atom is 0.291 e. The number of nitrogens with zero attached hydrogens (tertiary/aromatic N) is 1. The second kappa shape index (κ2) is 9.57. The molecule has 176 valence electrons. The lowest BCUT2D eigenvalue weighted by Gasteiger charge is -2.08. The highest BCUT2D eigenvalue weighted by molar-refractivity contribution is 7.21. The summed E-state index contributed by atoms with van der Waals surface area (Å²) in [5, 5.41) is 3.73. The summed E-state index contributed by atoms with van der Waals surface area (Å²) in [6.45, 7) is 1.56. The fourth-order valence-corrected chi connectivity index (χ4v) is 4.73. The summed E-state index contributed by atoms with van der Waals surface area (Å²) in [6.07, 6.45) is -2.79. The smallest absolute Gasteiger partial charge is 0.291 e. The van der Waals surface area contributed by atoms with Crippen LogP contribution in [-0.4, -0.2) is 16.8 Å². The van der Waals surface area contributed by atoms with Crippen LogP contribution in [0.15, 0.2) is 40.8 Å². The van der Waals surface area contributed by atoms with Crippen LogP contribution in [0.1, 0.15) is 43.7 Å². The number of hydrogen-bond acceptors (Lipinski definition) is 6. The first-order valence-electron chi connectivity index (χ1n) is 9.64. The lowest BCUT2D eigenvalue weighted by atomic mass is 10.1. The molecule has 3 aromatic heterocycles. The Balaban J connectivity index is 1.57. The number of ether oxygens (including phenoxy) is 1. The number of nitrogens with two attached hydrogens (primary N) is 1. The van der Waals surface area contributed by atoms with Crippen LogP contribution in [0.3, 0.4) is 0 Å². The second-order valence-electron chi connectivity index (χ2n) is 7.10. The molecule has 34 heavy (non-hydrogen) atoms. The number of thiophene rings is 1. The zero-order chi connectivity index (χ0) is 24.6. The Bertz CT molecular complexity index is 1420. The van der Waals surface area contributed by atoms with Gasteiger partial charge in [0.15, 0.2) is 5.76 Å². The SMILES string of the molecule is Cc1cc(C(F)F)nc2sc(C(N)=O)c(NC(=O)c3ccc(COc4ccc(Cl)cc4Cl)o3)c12. The number of aryl methyl sites for hydroxylation is 1. The number of primary amides is 1. The fraction of sp³-hybridized carbons (Fsp3) is 0.136. The maximum absolute atomic E-state index is 13.1. The van der Waals surface area contributed by atoms with E-state index in [0.717, 1.165) is 11.3 Å². The number of pyridine rings is 1. The van der Waals surface area contributed by atoms with Gasteiger partial charge in [0.2, 0.25) is 0 Å². The van der Waals surface area contributed by atoms with E-state index in [1.54, 1.807) is 25.1 Å². The molecule has 7 nitrogen and oxygen atoms in total. The molecule has 0 spiro atoms. The third kappa shape index (κ3) is 4.84. The van der Waals surface area contributed by atoms with Gasteiger partial charge in [-0.05, 0) is 48.9 Å². The quantitative estimate of drug-likeness (QED) is 0.291. The standard InChI is InChI=1S/C22H15Cl2F2N3O4S/c1-9-6-13(19(25)26)28-22-16(9)17(18(34-22)20(27)30)29-21(31)15-5-3-11(33-15)8-32-14-4-2-10(23)7-12(14)24/h2-7,19H,8H2,1H3,(H2,27,30)(H,29,31). The van der Waals surface area contributed by atoms with Crippen LogP contribution >= 0.6 is 34.5 Å². The van der Waals surface area contributed by atoms with Crippen molar-refractivity contribution in [2.75, 3.05) is 5.32 Å². The van der Waals surface area contributed by atoms with Crippen molar-refractivity contribution in [2.45, 2.75) is 20.0 Å². The monoisotopic (exact) mass is 525 g/mol. The van der Waals surface area contributed by atoms with Crippen LogP contribution < -0.4 is 15.8 Å². The maximum atomic E-state index is 13.1. The number of hydrogen-bond donors (Lipinski definition) is 2. The van der Waals surface area contributed by atoms with Gasteiger partial charge < -0.3 is 20.2 Å². The minimum Gasteiger partial charge on any atom is -0.484 e. The van der Waals surface area contributed by atoms with Crippen molar-refractivity contribution in [3.05, 3.63) is 74.1 Å². The van der Waals surface area contributed by atoms with Crippen molar-refractivity contribution in [1.29, 1.82) is 0 Å². The van der Waals surface area contributed by atoms with Gasteiger partial charge in [0.1, 0.15) is 33.5 Å². The Morgan fingerprint density at radius 3 is 2.68 bits per heavy atom. The van der Waals surface area contributed by atoms with Crippen LogP contribution in [0.5, 0.6) is 5.75 Å². The first-order valence-corrected chi connectivity index (χ1v) is 11.2. The minimum absolute atomic E-state index is 0.0119. The zero-order valence-electron chi connectivity index (χ0n) is 17.3. The normalized spacial score (nSPS) is 11.2. The highest BCUT2D eigenvalue weighted by Gasteiger charge is 2.24. The summed E-state index contributed by atoms with van der Waals surface area (Å²) in [7, 11) is 0. The number of rotatable bonds is 7. The lowest BCUT2D eigenvalue weighted by Crippen LogP contribution is -2.16. The first-order chi connectivity index (χ1) is 16.1. The van der Waals surface area contributed by atoms with E-state index in [9.17, 15) is 18.4 Å². The van der Waals surface area contributed by atoms with E-state index in [4.69, 9.17) is 38.1 Å². The summed E-state index contributed by atoms with van der Waals surface area (Å²) in [5.41, 5.74) is 5.51. The molecule has 3 N–H and O–H groups in total. The van der Waals surface area contributed by atoms with Crippen LogP contribution in [0.4, 0.5) is 14.5 Å². The number of carbonyl (C=O) groups excluding carboxylic acids is 2. The summed E-state index contributed by atoms with van der Waals surface area (Å²) >= 11 is 12.8. The van der Waals surface area contributed by atoms with Crippen LogP contribution in [0.25, 0.3) is 10.2 Å². The molecular formula is C22H15Cl2F2N3O4S. The first kappa shape index (κ1) is 23.9. The van der Waals surface area contributed by atoms with Gasteiger partial charge in [-0.2, -0.15) is 0 Å². The molecule has 0 aliphatic heterocycles. The fourth-order valence-electron chi connectivity index (χ4n) is 3.21. The Morgan fingerprint density at radius 1 is 1.24 bits per heavy atom. The molecule has 2 amide bonds. The molecular weight excluding hydrogens is 511 g/mol. The van der Waals surface area contributed by atoms with Crippen molar-refractivity contribution in [3.63, 3.8) is 0 Å². The topological polar surface area (TPSA) is 107 Å². The number of nitrogens with one attached hydrogen (secondary N) is 1. The molecule has 0 unspecified atom stereocenters. The number of benzene rings is 1. The van der Waals surface area contributed by atoms with E-state index < -0.39 is 23.9 Å². The third-order valence-corrected chi connectivity index (χ3v) is 6.34. The summed E-state index contributed by atoms with van der Waals surface area (Å²) < 4.78 is 37.4. The van der Waals surface area contributed by atoms with Crippen molar-refractivity contribution >= 4 is 62.3 Å². The number of fused-ring (bicyclic) bond motifs is 1. The van der Waals surface area contributed by atoms with E-state index in [2.05, 4.69) is 10.3 Å². The van der Waals surface area contributed by atoms with Gasteiger partial charge in [0, 0.05) is 10.4 Å². The molecule has 0 saturated heterocycles. The number of amides is 2. The van der Waals surface area contributed by atoms with Crippen LogP contribution in [-0.2, 0) is 6.61 Å². The number of carbonyl (C=O) groups is 2. The Kier molecular flexibility index (Phi) is 6.74. The molecule has 4 aromatic rings. The number of halogens is 4. The van der Waals surface area contributed by atoms with Crippen LogP contribution in [0.2, 0.25) is 10.0 Å². The Hall–Kier alpha value is -3.21. The Labute approximate surface area is 205 Å². The second-order valence-corrected chi connectivity index (χ2v) is 8.94. The van der Waals surface area contributed by atoms with E-state index in [1.165, 1.54) is 18.2 Å². The van der Waals surface area contributed by atoms with Gasteiger partial charge in [-0.3, -0.25) is 9.59 Å². The number of alkyl halides is 2. The molecule has 0 atom stereocenters. The van der Waals surface area contributed by atoms with Crippen LogP contribution in [0, 0.1) is 6.92 Å². The van der Waals surface area contributed by atoms with E-state index in [1.807, 2.05) is 0 Å². The van der Waals surface area contributed by atoms with Gasteiger partial charge in [-0.1, -0.05) is 23.2 Å². The third-order valence-electron chi connectivity index (χ3n) is 4.71. The summed E-state index contributed by atoms with van der Waals surface area (Å²) in [6, 6.07) is 8.92. The van der Waals surface area contributed by atoms with Gasteiger partial charge in [0.25, 0.3) is 18.2 Å². The van der Waals surface area contributed by atoms with Crippen molar-refractivity contribution in [1.82, 2.24) is 4.98 Å². The molecule has 0 fully saturated rings. The average molecular weight is 526 g/mol. The summed E-state index contributed by atoms with van der Waals surface area (Å²) in [4.78, 5) is 28.8. The largest absolute Gasteiger partial charge is 0.484 e. The van der Waals surface area contributed by atoms with Gasteiger partial charge >= 0.3 is 0 Å². The average Bonchev–Trinajstić information content (AvgIpc) is 3.38. The summed E-state index contributed by atoms with van der Waals surface area (Å²) in [5.74, 6) is -0.846. The number of anilines is 1. The predicted octanol–water partition coefficient (Wildman–Crippen LogP) is 6.37. The van der Waals surface area contributed by atoms with Gasteiger partial charge in [-0.15, -0.1) is 11.3 Å². The van der Waals surface area contributed by atoms with Gasteiger partial charge in [0.05, 0.1) is 10.7 Å². The van der Waals surface area contributed by atoms with Crippen molar-refractivity contribution < 1.29 is 27.5 Å². The zero-order valence-corrected chi connectivity index (χ0v) is 19.7. The van der Waals surface area contributed by atoms with Crippen molar-refractivity contribution in [3.8, 4) is 5.75 Å². The van der Waals surface area contributed by atoms with Gasteiger partial charge in [-0.25, -0.2) is 13.8 Å². The molecule has 4 rings (SSSR count). The minimum atomic E-state index is -2.79. The van der Waals surface area contributed by atoms with E-state index in [0.29, 0.717) is 32.5 Å². The van der Waals surface area contributed by atoms with E-state index >= 15 is 0 Å². The highest BCUT2D eigenvalue weighted by atomic mass is 35.5. The molecule has 0 saturated carbocycles. The molecule has 1 aromatic carbocycles. The molecule has 0 radical (unpaired) electrons. The predicted molar refractivity (Wildman–Crippen MR) is 125 cm³/mol. The highest BCUT2D eigenvalue weighted by Crippen LogP contribution is 2.38. The van der Waals surface area contributed by atoms with E-state index in [-0.39, 0.29) is 27.8 Å². The Morgan fingerprint density at radius 2 is 2.00 bits per heavy atom. The number of furan rings is 1. The van der Waals surface area contributed by atoms with Crippen molar-refractivity contribution in [2.24, 2.45) is 5.73 Å². The number of aromatic nitrogens is 1.